The number of aryl methyl sites for hydroxylation is 2. The lowest BCUT2D eigenvalue weighted by Gasteiger charge is -2.36. The number of carbonyl (C=O) groups is 1. The first-order valence-corrected chi connectivity index (χ1v) is 14.5. The number of fused-ring (bicyclic) bond motifs is 1. The lowest BCUT2D eigenvalue weighted by Crippen LogP contribution is -2.46. The van der Waals surface area contributed by atoms with Crippen molar-refractivity contribution in [3.63, 3.8) is 0 Å². The van der Waals surface area contributed by atoms with E-state index in [0.717, 1.165) is 73.8 Å². The van der Waals surface area contributed by atoms with Crippen molar-refractivity contribution in [3.05, 3.63) is 119 Å². The van der Waals surface area contributed by atoms with Gasteiger partial charge in [0.25, 0.3) is 5.91 Å². The number of piperazine rings is 1. The summed E-state index contributed by atoms with van der Waals surface area (Å²) in [6.45, 7) is 6.94. The van der Waals surface area contributed by atoms with E-state index in [4.69, 9.17) is 4.74 Å². The Morgan fingerprint density at radius 1 is 0.829 bits per heavy atom. The van der Waals surface area contributed by atoms with Crippen molar-refractivity contribution in [2.75, 3.05) is 43.5 Å². The maximum Gasteiger partial charge on any atom is 0.251 e. The highest BCUT2D eigenvalue weighted by Crippen LogP contribution is 2.31. The molecule has 0 unspecified atom stereocenters. The molecule has 208 valence electrons. The van der Waals surface area contributed by atoms with Gasteiger partial charge < -0.3 is 15.0 Å². The lowest BCUT2D eigenvalue weighted by molar-refractivity contribution is -0.112. The molecule has 5 heteroatoms. The Morgan fingerprint density at radius 3 is 2.32 bits per heavy atom. The van der Waals surface area contributed by atoms with E-state index in [1.807, 2.05) is 24.3 Å². The van der Waals surface area contributed by atoms with Gasteiger partial charge in [0.1, 0.15) is 5.75 Å². The second-order valence-electron chi connectivity index (χ2n) is 11.0. The molecular weight excluding hydrogens is 506 g/mol. The highest BCUT2D eigenvalue weighted by atomic mass is 16.5. The van der Waals surface area contributed by atoms with Crippen molar-refractivity contribution in [2.45, 2.75) is 26.3 Å². The summed E-state index contributed by atoms with van der Waals surface area (Å²) < 4.78 is 5.55. The van der Waals surface area contributed by atoms with Crippen LogP contribution in [0.3, 0.4) is 0 Å². The van der Waals surface area contributed by atoms with Gasteiger partial charge in [-0.25, -0.2) is 0 Å². The van der Waals surface area contributed by atoms with E-state index in [1.165, 1.54) is 27.8 Å². The fourth-order valence-corrected chi connectivity index (χ4v) is 5.79. The fourth-order valence-electron chi connectivity index (χ4n) is 5.79. The molecule has 1 amide bonds. The summed E-state index contributed by atoms with van der Waals surface area (Å²) in [5.74, 6) is 0.912. The SMILES string of the molecule is COc1ccccc1N1CCN(Cc2ccc(NC(=O)C3=Cc4cc(-c5ccc(C)cc5)ccc4CC3)cc2)CC1. The van der Waals surface area contributed by atoms with Crippen LogP contribution in [0.1, 0.15) is 28.7 Å². The second-order valence-corrected chi connectivity index (χ2v) is 11.0. The minimum Gasteiger partial charge on any atom is -0.495 e. The largest absolute Gasteiger partial charge is 0.495 e. The molecule has 41 heavy (non-hydrogen) atoms. The van der Waals surface area contributed by atoms with E-state index in [1.54, 1.807) is 7.11 Å². The predicted molar refractivity (Wildman–Crippen MR) is 168 cm³/mol. The van der Waals surface area contributed by atoms with Crippen LogP contribution in [-0.2, 0) is 17.8 Å². The zero-order valence-electron chi connectivity index (χ0n) is 23.9. The quantitative estimate of drug-likeness (QED) is 0.274. The summed E-state index contributed by atoms with van der Waals surface area (Å²) in [7, 11) is 1.73. The smallest absolute Gasteiger partial charge is 0.251 e. The van der Waals surface area contributed by atoms with Crippen molar-refractivity contribution >= 4 is 23.4 Å². The molecule has 0 atom stereocenters. The first-order valence-electron chi connectivity index (χ1n) is 14.5. The molecule has 1 N–H and O–H groups in total. The van der Waals surface area contributed by atoms with Crippen molar-refractivity contribution in [3.8, 4) is 16.9 Å². The van der Waals surface area contributed by atoms with E-state index in [9.17, 15) is 4.79 Å². The molecule has 1 fully saturated rings. The molecule has 4 aromatic rings. The highest BCUT2D eigenvalue weighted by molar-refractivity contribution is 6.07. The average Bonchev–Trinajstić information content (AvgIpc) is 3.02. The van der Waals surface area contributed by atoms with Gasteiger partial charge >= 0.3 is 0 Å². The first-order chi connectivity index (χ1) is 20.1. The molecule has 2 aliphatic rings. The topological polar surface area (TPSA) is 44.8 Å². The average molecular weight is 544 g/mol. The van der Waals surface area contributed by atoms with Crippen LogP contribution in [0.5, 0.6) is 5.75 Å². The minimum absolute atomic E-state index is 0.0170. The molecule has 0 spiro atoms. The number of carbonyl (C=O) groups excluding carboxylic acids is 1. The van der Waals surface area contributed by atoms with Crippen LogP contribution in [0, 0.1) is 6.92 Å². The number of nitrogens with one attached hydrogen (secondary N) is 1. The van der Waals surface area contributed by atoms with Gasteiger partial charge in [-0.3, -0.25) is 9.69 Å². The van der Waals surface area contributed by atoms with Gasteiger partial charge in [-0.15, -0.1) is 0 Å². The molecule has 1 aliphatic carbocycles. The van der Waals surface area contributed by atoms with Crippen LogP contribution < -0.4 is 15.0 Å². The summed E-state index contributed by atoms with van der Waals surface area (Å²) in [5.41, 5.74) is 10.1. The molecule has 4 aromatic carbocycles. The fraction of sp³-hybridized carbons (Fsp3) is 0.250. The maximum absolute atomic E-state index is 13.2. The van der Waals surface area contributed by atoms with Gasteiger partial charge in [0.15, 0.2) is 0 Å². The number of methoxy groups -OCH3 is 1. The normalized spacial score (nSPS) is 15.2. The van der Waals surface area contributed by atoms with E-state index < -0.39 is 0 Å². The number of rotatable bonds is 7. The number of hydrogen-bond donors (Lipinski definition) is 1. The molecule has 0 radical (unpaired) electrons. The van der Waals surface area contributed by atoms with Crippen LogP contribution in [0.2, 0.25) is 0 Å². The van der Waals surface area contributed by atoms with Crippen LogP contribution in [0.4, 0.5) is 11.4 Å². The van der Waals surface area contributed by atoms with Crippen molar-refractivity contribution in [1.29, 1.82) is 0 Å². The van der Waals surface area contributed by atoms with E-state index in [2.05, 4.69) is 94.8 Å². The molecule has 0 bridgehead atoms. The summed E-state index contributed by atoms with van der Waals surface area (Å²) >= 11 is 0. The van der Waals surface area contributed by atoms with Crippen LogP contribution >= 0.6 is 0 Å². The molecule has 1 aliphatic heterocycles. The van der Waals surface area contributed by atoms with Crippen LogP contribution in [0.25, 0.3) is 17.2 Å². The predicted octanol–water partition coefficient (Wildman–Crippen LogP) is 6.96. The Morgan fingerprint density at radius 2 is 1.56 bits per heavy atom. The molecule has 1 saturated heterocycles. The molecule has 5 nitrogen and oxygen atoms in total. The maximum atomic E-state index is 13.2. The third-order valence-electron chi connectivity index (χ3n) is 8.23. The number of ether oxygens (including phenoxy) is 1. The lowest BCUT2D eigenvalue weighted by atomic mass is 9.89. The van der Waals surface area contributed by atoms with Crippen LogP contribution in [-0.4, -0.2) is 44.1 Å². The Hall–Kier alpha value is -4.35. The third-order valence-corrected chi connectivity index (χ3v) is 8.23. The molecule has 0 aromatic heterocycles. The Labute approximate surface area is 243 Å². The second kappa shape index (κ2) is 12.0. The van der Waals surface area contributed by atoms with Crippen molar-refractivity contribution in [2.24, 2.45) is 0 Å². The first kappa shape index (κ1) is 26.9. The van der Waals surface area contributed by atoms with E-state index >= 15 is 0 Å². The zero-order chi connectivity index (χ0) is 28.2. The van der Waals surface area contributed by atoms with Gasteiger partial charge in [0.05, 0.1) is 12.8 Å². The third kappa shape index (κ3) is 6.21. The number of benzene rings is 4. The summed E-state index contributed by atoms with van der Waals surface area (Å²) in [6, 6.07) is 31.7. The van der Waals surface area contributed by atoms with E-state index in [0.29, 0.717) is 0 Å². The molecule has 0 saturated carbocycles. The van der Waals surface area contributed by atoms with Gasteiger partial charge in [-0.05, 0) is 84.0 Å². The molecule has 1 heterocycles. The summed E-state index contributed by atoms with van der Waals surface area (Å²) in [5, 5.41) is 3.12. The minimum atomic E-state index is -0.0170. The zero-order valence-corrected chi connectivity index (χ0v) is 23.9. The number of para-hydroxylation sites is 2. The van der Waals surface area contributed by atoms with E-state index in [-0.39, 0.29) is 5.91 Å². The summed E-state index contributed by atoms with van der Waals surface area (Å²) in [6.07, 6.45) is 3.69. The number of nitrogens with zero attached hydrogens (tertiary/aromatic N) is 2. The van der Waals surface area contributed by atoms with Gasteiger partial charge in [0.2, 0.25) is 0 Å². The number of hydrogen-bond acceptors (Lipinski definition) is 4. The van der Waals surface area contributed by atoms with Crippen LogP contribution in [0.15, 0.2) is 96.6 Å². The van der Waals surface area contributed by atoms with Crippen molar-refractivity contribution < 1.29 is 9.53 Å². The Bertz CT molecular complexity index is 1550. The standard InChI is InChI=1S/C36H37N3O2/c1-26-7-11-28(12-8-26)30-15-13-29-14-16-31(24-32(29)23-30)36(40)37-33-17-9-27(10-18-33)25-38-19-21-39(22-20-38)34-5-3-4-6-35(34)41-2/h3-13,15,17-18,23-24H,14,16,19-22,25H2,1-2H3,(H,37,40). The van der Waals surface area contributed by atoms with Gasteiger partial charge in [-0.1, -0.05) is 66.2 Å². The number of anilines is 2. The monoisotopic (exact) mass is 543 g/mol. The van der Waals surface area contributed by atoms with Crippen molar-refractivity contribution in [1.82, 2.24) is 4.90 Å². The molecular formula is C36H37N3O2. The summed E-state index contributed by atoms with van der Waals surface area (Å²) in [4.78, 5) is 18.0. The van der Waals surface area contributed by atoms with Gasteiger partial charge in [0, 0.05) is 44.0 Å². The number of amides is 1. The Balaban J connectivity index is 1.05. The molecule has 6 rings (SSSR count). The highest BCUT2D eigenvalue weighted by Gasteiger charge is 2.20. The Kier molecular flexibility index (Phi) is 7.88. The van der Waals surface area contributed by atoms with Gasteiger partial charge in [-0.2, -0.15) is 0 Å².